The molecule has 11 nitrogen and oxygen atoms in total. The van der Waals surface area contributed by atoms with Gasteiger partial charge in [-0.25, -0.2) is 5.11 Å². The Hall–Kier alpha value is -0.440. The summed E-state index contributed by atoms with van der Waals surface area (Å²) in [5, 5.41) is 11.9. The van der Waals surface area contributed by atoms with E-state index in [2.05, 4.69) is 0 Å². The van der Waals surface area contributed by atoms with E-state index in [1.54, 1.807) is 21.3 Å². The molecule has 0 bridgehead atoms. The van der Waals surface area contributed by atoms with Crippen LogP contribution in [0.1, 0.15) is 0 Å². The van der Waals surface area contributed by atoms with E-state index in [1.807, 2.05) is 0 Å². The smallest absolute Gasteiger partial charge is 0.187 e. The van der Waals surface area contributed by atoms with Gasteiger partial charge in [-0.15, -0.1) is 0 Å². The predicted molar refractivity (Wildman–Crippen MR) is 101 cm³/mol. The van der Waals surface area contributed by atoms with E-state index >= 15 is 0 Å². The first-order chi connectivity index (χ1) is 14.5. The van der Waals surface area contributed by atoms with Crippen LogP contribution in [0.25, 0.3) is 0 Å². The third kappa shape index (κ3) is 5.30. The molecule has 0 saturated carbocycles. The molecule has 0 unspecified atom stereocenters. The summed E-state index contributed by atoms with van der Waals surface area (Å²) in [5.74, 6) is 0. The quantitative estimate of drug-likeness (QED) is 0.422. The van der Waals surface area contributed by atoms with Crippen LogP contribution in [-0.2, 0) is 52.5 Å². The maximum absolute atomic E-state index is 11.9. The number of methoxy groups -OCH3 is 7. The number of rotatable bonds is 11. The lowest BCUT2D eigenvalue weighted by atomic mass is 9.96. The van der Waals surface area contributed by atoms with Crippen molar-refractivity contribution in [3.8, 4) is 0 Å². The van der Waals surface area contributed by atoms with E-state index in [4.69, 9.17) is 47.4 Å². The van der Waals surface area contributed by atoms with Crippen molar-refractivity contribution in [2.75, 3.05) is 63.0 Å². The average molecular weight is 439 g/mol. The Labute approximate surface area is 177 Å². The third-order valence-electron chi connectivity index (χ3n) is 5.56. The highest BCUT2D eigenvalue weighted by atomic mass is 16.8. The molecule has 2 heterocycles. The molecule has 2 aliphatic rings. The Morgan fingerprint density at radius 1 is 0.567 bits per heavy atom. The molecule has 0 spiro atoms. The molecule has 0 amide bonds. The van der Waals surface area contributed by atoms with Gasteiger partial charge in [-0.1, -0.05) is 0 Å². The van der Waals surface area contributed by atoms with Crippen molar-refractivity contribution in [3.05, 3.63) is 0 Å². The summed E-state index contributed by atoms with van der Waals surface area (Å²) in [4.78, 5) is 0. The van der Waals surface area contributed by atoms with Crippen molar-refractivity contribution < 1.29 is 52.5 Å². The molecule has 0 aliphatic carbocycles. The second-order valence-corrected chi connectivity index (χ2v) is 7.05. The highest BCUT2D eigenvalue weighted by molar-refractivity contribution is 4.96. The minimum absolute atomic E-state index is 0.251. The molecule has 2 fully saturated rings. The number of hydrogen-bond acceptors (Lipinski definition) is 10. The largest absolute Gasteiger partial charge is 0.382 e. The van der Waals surface area contributed by atoms with Crippen LogP contribution in [-0.4, -0.2) is 124 Å². The molecule has 0 aromatic heterocycles. The maximum Gasteiger partial charge on any atom is 0.187 e. The summed E-state index contributed by atoms with van der Waals surface area (Å²) in [6.45, 7) is -0.317. The molecule has 0 aromatic rings. The summed E-state index contributed by atoms with van der Waals surface area (Å²) in [7, 11) is 10.7. The van der Waals surface area contributed by atoms with Crippen LogP contribution in [0.4, 0.5) is 0 Å². The van der Waals surface area contributed by atoms with Crippen LogP contribution >= 0.6 is 0 Å². The number of hydrogen-bond donors (Lipinski definition) is 0. The molecule has 10 atom stereocenters. The Morgan fingerprint density at radius 2 is 1.07 bits per heavy atom. The minimum atomic E-state index is -0.900. The molecular formula is C19H35O11. The molecule has 11 heteroatoms. The van der Waals surface area contributed by atoms with Gasteiger partial charge in [0.15, 0.2) is 12.6 Å². The van der Waals surface area contributed by atoms with E-state index in [1.165, 1.54) is 28.4 Å². The topological polar surface area (TPSA) is 112 Å². The number of ether oxygens (including phenoxy) is 10. The Balaban J connectivity index is 2.30. The second-order valence-electron chi connectivity index (χ2n) is 7.05. The Morgan fingerprint density at radius 3 is 1.53 bits per heavy atom. The van der Waals surface area contributed by atoms with Gasteiger partial charge < -0.3 is 47.4 Å². The summed E-state index contributed by atoms with van der Waals surface area (Å²) in [6, 6.07) is 0. The Kier molecular flexibility index (Phi) is 10.8. The van der Waals surface area contributed by atoms with Crippen molar-refractivity contribution >= 4 is 0 Å². The Bertz CT molecular complexity index is 481. The van der Waals surface area contributed by atoms with E-state index in [0.29, 0.717) is 0 Å². The van der Waals surface area contributed by atoms with E-state index in [9.17, 15) is 5.11 Å². The zero-order valence-electron chi connectivity index (χ0n) is 18.7. The lowest BCUT2D eigenvalue weighted by molar-refractivity contribution is -0.366. The lowest BCUT2D eigenvalue weighted by Crippen LogP contribution is -2.66. The van der Waals surface area contributed by atoms with Gasteiger partial charge in [0.05, 0.1) is 6.61 Å². The van der Waals surface area contributed by atoms with Crippen LogP contribution in [0, 0.1) is 0 Å². The van der Waals surface area contributed by atoms with Crippen LogP contribution in [0.3, 0.4) is 0 Å². The average Bonchev–Trinajstić information content (AvgIpc) is 2.77. The van der Waals surface area contributed by atoms with Gasteiger partial charge in [0, 0.05) is 49.8 Å². The lowest BCUT2D eigenvalue weighted by Gasteiger charge is -2.48. The van der Waals surface area contributed by atoms with E-state index in [0.717, 1.165) is 0 Å². The van der Waals surface area contributed by atoms with Crippen molar-refractivity contribution in [2.45, 2.75) is 61.4 Å². The van der Waals surface area contributed by atoms with Crippen LogP contribution in [0.15, 0.2) is 0 Å². The van der Waals surface area contributed by atoms with Gasteiger partial charge in [0.2, 0.25) is 0 Å². The van der Waals surface area contributed by atoms with Crippen molar-refractivity contribution in [3.63, 3.8) is 0 Å². The SMILES string of the molecule is COC[C@H]1O[C@H](O[C@H]2[C@H](OC)[C@@H](OC)[C@H](OC)O[C@@H]2C[O])[C@H](OC)[C@@H](OC)[C@@H]1OC. The monoisotopic (exact) mass is 439 g/mol. The van der Waals surface area contributed by atoms with E-state index in [-0.39, 0.29) is 6.61 Å². The highest BCUT2D eigenvalue weighted by Gasteiger charge is 2.53. The molecule has 2 rings (SSSR count). The first-order valence-electron chi connectivity index (χ1n) is 9.75. The fourth-order valence-electron chi connectivity index (χ4n) is 4.13. The van der Waals surface area contributed by atoms with Crippen LogP contribution in [0.5, 0.6) is 0 Å². The summed E-state index contributed by atoms with van der Waals surface area (Å²) in [5.41, 5.74) is 0. The van der Waals surface area contributed by atoms with Gasteiger partial charge in [-0.3, -0.25) is 0 Å². The normalized spacial score (nSPS) is 42.4. The van der Waals surface area contributed by atoms with Gasteiger partial charge in [-0.05, 0) is 0 Å². The van der Waals surface area contributed by atoms with Gasteiger partial charge in [-0.2, -0.15) is 0 Å². The fourth-order valence-corrected chi connectivity index (χ4v) is 4.13. The molecule has 1 radical (unpaired) electrons. The van der Waals surface area contributed by atoms with Gasteiger partial charge >= 0.3 is 0 Å². The molecule has 0 aromatic carbocycles. The summed E-state index contributed by atoms with van der Waals surface area (Å²) in [6.07, 6.45) is -6.64. The van der Waals surface area contributed by atoms with Crippen LogP contribution in [0.2, 0.25) is 0 Å². The maximum atomic E-state index is 11.9. The van der Waals surface area contributed by atoms with Crippen molar-refractivity contribution in [1.82, 2.24) is 0 Å². The van der Waals surface area contributed by atoms with Crippen molar-refractivity contribution in [1.29, 1.82) is 0 Å². The fraction of sp³-hybridized carbons (Fsp3) is 1.00. The molecule has 0 N–H and O–H groups in total. The molecular weight excluding hydrogens is 404 g/mol. The van der Waals surface area contributed by atoms with Gasteiger partial charge in [0.25, 0.3) is 0 Å². The summed E-state index contributed by atoms with van der Waals surface area (Å²) < 4.78 is 56.7. The zero-order chi connectivity index (χ0) is 22.3. The standard InChI is InChI=1S/C19H35O11/c1-21-9-11-12(22-2)14(23-3)17(26-6)19(29-11)30-13-10(8-20)28-18(27-7)16(25-5)15(13)24-4/h10-19H,8-9H2,1-7H3/t10-,11-,12-,13-,14+,15+,16-,17-,18-,19-/m1/s1. The molecule has 2 saturated heterocycles. The minimum Gasteiger partial charge on any atom is -0.382 e. The molecule has 30 heavy (non-hydrogen) atoms. The van der Waals surface area contributed by atoms with E-state index < -0.39 is 68.0 Å². The highest BCUT2D eigenvalue weighted by Crippen LogP contribution is 2.33. The first kappa shape index (κ1) is 25.8. The second kappa shape index (κ2) is 12.6. The first-order valence-corrected chi connectivity index (χ1v) is 9.75. The van der Waals surface area contributed by atoms with Gasteiger partial charge in [0.1, 0.15) is 55.4 Å². The summed E-state index contributed by atoms with van der Waals surface area (Å²) >= 11 is 0. The third-order valence-corrected chi connectivity index (χ3v) is 5.56. The zero-order valence-corrected chi connectivity index (χ0v) is 18.7. The molecule has 2 aliphatic heterocycles. The van der Waals surface area contributed by atoms with Crippen molar-refractivity contribution in [2.24, 2.45) is 0 Å². The predicted octanol–water partition coefficient (Wildman–Crippen LogP) is -0.380. The van der Waals surface area contributed by atoms with Crippen LogP contribution < -0.4 is 0 Å². The molecule has 177 valence electrons.